The zero-order chi connectivity index (χ0) is 54.1. The molecule has 0 aliphatic carbocycles. The highest BCUT2D eigenvalue weighted by atomic mass is 15.1. The fourth-order valence-electron chi connectivity index (χ4n) is 15.7. The van der Waals surface area contributed by atoms with Gasteiger partial charge in [0.1, 0.15) is 0 Å². The first kappa shape index (κ1) is 47.5. The Labute approximate surface area is 456 Å². The van der Waals surface area contributed by atoms with E-state index in [4.69, 9.17) is 0 Å². The third kappa shape index (κ3) is 5.86. The molecular weight excluding hydrogens is 928 g/mol. The highest BCUT2D eigenvalue weighted by Gasteiger charge is 2.54. The first-order chi connectivity index (χ1) is 36.1. The van der Waals surface area contributed by atoms with Crippen molar-refractivity contribution in [1.29, 1.82) is 0 Å². The maximum absolute atomic E-state index is 2.89. The van der Waals surface area contributed by atoms with Crippen molar-refractivity contribution in [3.05, 3.63) is 149 Å². The molecule has 0 amide bonds. The molecule has 0 fully saturated rings. The van der Waals surface area contributed by atoms with Gasteiger partial charge in [-0.2, -0.15) is 0 Å². The summed E-state index contributed by atoms with van der Waals surface area (Å²) in [7, 11) is 0. The Morgan fingerprint density at radius 3 is 0.922 bits per heavy atom. The van der Waals surface area contributed by atoms with E-state index in [0.717, 1.165) is 0 Å². The van der Waals surface area contributed by atoms with E-state index < -0.39 is 0 Å². The lowest BCUT2D eigenvalue weighted by Crippen LogP contribution is -2.69. The molecule has 0 atom stereocenters. The van der Waals surface area contributed by atoms with E-state index in [9.17, 15) is 0 Å². The molecule has 77 heavy (non-hydrogen) atoms. The Bertz CT molecular complexity index is 4280. The SMILES string of the molecule is CC(C)(C)c1ccc2c3ccc(C(C)(C)C)c4c3n(c2c1)-c1c2c3c5c(c1-c1ccccc1)-n1c6cc(C(C)(C)C)ccc6c6ccc(C(C)(C)C)c(c61)B5c1c(C(C)(C)C)ccc5c6ccc(C(C)(C)C)c(c6n-3c15)B24. The lowest BCUT2D eigenvalue weighted by atomic mass is 9.27. The number of hydrogen-bond donors (Lipinski definition) is 0. The minimum atomic E-state index is -0.148. The second-order valence-corrected chi connectivity index (χ2v) is 30.1. The molecule has 7 heterocycles. The molecule has 15 rings (SSSR count). The topological polar surface area (TPSA) is 14.8 Å². The Hall–Kier alpha value is -6.71. The molecule has 3 nitrogen and oxygen atoms in total. The average Bonchev–Trinajstić information content (AvgIpc) is 2.78. The molecule has 8 aromatic carbocycles. The molecule has 0 saturated heterocycles. The lowest BCUT2D eigenvalue weighted by molar-refractivity contribution is 0.590. The van der Waals surface area contributed by atoms with Crippen LogP contribution in [0.5, 0.6) is 0 Å². The van der Waals surface area contributed by atoms with Crippen LogP contribution < -0.4 is 32.8 Å². The fraction of sp³-hybridized carbons (Fsp3) is 0.333. The molecule has 0 radical (unpaired) electrons. The Kier molecular flexibility index (Phi) is 8.82. The van der Waals surface area contributed by atoms with Gasteiger partial charge in [0, 0.05) is 65.6 Å². The van der Waals surface area contributed by atoms with Crippen LogP contribution in [0.3, 0.4) is 0 Å². The first-order valence-corrected chi connectivity index (χ1v) is 28.8. The summed E-state index contributed by atoms with van der Waals surface area (Å²) in [5.41, 5.74) is 31.4. The van der Waals surface area contributed by atoms with Crippen LogP contribution >= 0.6 is 0 Å². The number of nitrogens with zero attached hydrogens (tertiary/aromatic N) is 3. The zero-order valence-electron chi connectivity index (χ0n) is 49.0. The summed E-state index contributed by atoms with van der Waals surface area (Å²) in [6.07, 6.45) is 0. The van der Waals surface area contributed by atoms with Gasteiger partial charge < -0.3 is 13.7 Å². The predicted octanol–water partition coefficient (Wildman–Crippen LogP) is 14.7. The van der Waals surface area contributed by atoms with E-state index in [1.165, 1.54) is 160 Å². The maximum Gasteiger partial charge on any atom is 0.252 e. The van der Waals surface area contributed by atoms with Gasteiger partial charge in [-0.25, -0.2) is 0 Å². The predicted molar refractivity (Wildman–Crippen MR) is 336 cm³/mol. The molecule has 3 aromatic heterocycles. The van der Waals surface area contributed by atoms with Gasteiger partial charge in [0.05, 0.1) is 22.4 Å². The molecule has 0 spiro atoms. The van der Waals surface area contributed by atoms with Gasteiger partial charge in [0.2, 0.25) is 0 Å². The maximum atomic E-state index is 2.89. The summed E-state index contributed by atoms with van der Waals surface area (Å²) in [4.78, 5) is 0. The highest BCUT2D eigenvalue weighted by Crippen LogP contribution is 2.51. The summed E-state index contributed by atoms with van der Waals surface area (Å²) in [5, 5.41) is 8.07. The van der Waals surface area contributed by atoms with Crippen molar-refractivity contribution in [3.63, 3.8) is 0 Å². The van der Waals surface area contributed by atoms with Gasteiger partial charge in [-0.3, -0.25) is 0 Å². The lowest BCUT2D eigenvalue weighted by Gasteiger charge is -2.46. The third-order valence-corrected chi connectivity index (χ3v) is 19.0. The summed E-state index contributed by atoms with van der Waals surface area (Å²) >= 11 is 0. The van der Waals surface area contributed by atoms with Crippen LogP contribution in [0.1, 0.15) is 158 Å². The zero-order valence-corrected chi connectivity index (χ0v) is 49.0. The van der Waals surface area contributed by atoms with Gasteiger partial charge in [-0.05, 0) is 116 Å². The minimum Gasteiger partial charge on any atom is -0.311 e. The van der Waals surface area contributed by atoms with Crippen LogP contribution in [0.2, 0.25) is 0 Å². The van der Waals surface area contributed by atoms with E-state index in [0.29, 0.717) is 0 Å². The van der Waals surface area contributed by atoms with E-state index in [1.807, 2.05) is 0 Å². The van der Waals surface area contributed by atoms with Crippen molar-refractivity contribution in [2.24, 2.45) is 0 Å². The molecule has 11 aromatic rings. The molecule has 0 saturated carbocycles. The van der Waals surface area contributed by atoms with Gasteiger partial charge in [0.15, 0.2) is 0 Å². The van der Waals surface area contributed by atoms with Crippen molar-refractivity contribution in [1.82, 2.24) is 13.7 Å². The number of benzene rings is 8. The summed E-state index contributed by atoms with van der Waals surface area (Å²) in [6, 6.07) is 46.8. The van der Waals surface area contributed by atoms with Crippen LogP contribution in [-0.4, -0.2) is 27.1 Å². The molecule has 0 unspecified atom stereocenters. The quantitative estimate of drug-likeness (QED) is 0.146. The Balaban J connectivity index is 1.33. The molecule has 382 valence electrons. The van der Waals surface area contributed by atoms with Gasteiger partial charge in [-0.1, -0.05) is 228 Å². The van der Waals surface area contributed by atoms with Crippen molar-refractivity contribution in [3.8, 4) is 28.2 Å². The second kappa shape index (κ2) is 14.3. The average molecular weight is 1000 g/mol. The number of aromatic nitrogens is 3. The largest absolute Gasteiger partial charge is 0.311 e. The van der Waals surface area contributed by atoms with Gasteiger partial charge >= 0.3 is 0 Å². The molecule has 0 bridgehead atoms. The highest BCUT2D eigenvalue weighted by molar-refractivity contribution is 7.05. The summed E-state index contributed by atoms with van der Waals surface area (Å²) in [5.74, 6) is 0. The molecule has 0 N–H and O–H groups in total. The number of hydrogen-bond acceptors (Lipinski definition) is 0. The van der Waals surface area contributed by atoms with Crippen LogP contribution in [-0.2, 0) is 32.5 Å². The number of fused-ring (bicyclic) bond motifs is 13. The van der Waals surface area contributed by atoms with Crippen molar-refractivity contribution in [2.45, 2.75) is 157 Å². The monoisotopic (exact) mass is 1000 g/mol. The normalized spacial score (nSPS) is 14.8. The second-order valence-electron chi connectivity index (χ2n) is 30.1. The Morgan fingerprint density at radius 2 is 0.597 bits per heavy atom. The van der Waals surface area contributed by atoms with Gasteiger partial charge in [-0.15, -0.1) is 0 Å². The van der Waals surface area contributed by atoms with E-state index in [1.54, 1.807) is 0 Å². The van der Waals surface area contributed by atoms with Crippen LogP contribution in [0.25, 0.3) is 93.6 Å². The van der Waals surface area contributed by atoms with Crippen molar-refractivity contribution >= 4 is 112 Å². The fourth-order valence-corrected chi connectivity index (χ4v) is 15.7. The molecule has 4 aliphatic rings. The van der Waals surface area contributed by atoms with E-state index >= 15 is 0 Å². The minimum absolute atomic E-state index is 0.0446. The van der Waals surface area contributed by atoms with Crippen molar-refractivity contribution in [2.75, 3.05) is 0 Å². The summed E-state index contributed by atoms with van der Waals surface area (Å²) in [6.45, 7) is 43.7. The summed E-state index contributed by atoms with van der Waals surface area (Å²) < 4.78 is 8.55. The number of rotatable bonds is 1. The van der Waals surface area contributed by atoms with Gasteiger partial charge in [0.25, 0.3) is 13.4 Å². The van der Waals surface area contributed by atoms with Crippen LogP contribution in [0.15, 0.2) is 115 Å². The standard InChI is InChI=1S/C72H73B2N3/c1-67(2,3)39-24-26-41-43-28-32-47(69(7,8)9)54-60(43)75(51(41)36-39)64-53(38-22-20-19-21-23-38)65-59-66-58(64)73(54)56-49(71(13,14)15)34-30-45-46-31-35-50(72(16,17)18)57(63(46)77(66)62(45)56)74(59)55-48(70(10,11)12)33-29-44-42-27-25-40(68(4,5)6)37-52(42)76(65)61(44)55/h19-37H,1-18H3. The first-order valence-electron chi connectivity index (χ1n) is 28.8. The van der Waals surface area contributed by atoms with E-state index in [-0.39, 0.29) is 45.9 Å². The molecule has 5 heteroatoms. The smallest absolute Gasteiger partial charge is 0.252 e. The van der Waals surface area contributed by atoms with Crippen molar-refractivity contribution < 1.29 is 0 Å². The third-order valence-electron chi connectivity index (χ3n) is 19.0. The molecular formula is C72H73B2N3. The molecule has 4 aliphatic heterocycles. The van der Waals surface area contributed by atoms with E-state index in [2.05, 4.69) is 254 Å². The van der Waals surface area contributed by atoms with Crippen LogP contribution in [0.4, 0.5) is 0 Å². The van der Waals surface area contributed by atoms with Crippen LogP contribution in [0, 0.1) is 0 Å². The Morgan fingerprint density at radius 1 is 0.286 bits per heavy atom.